The molecule has 1 fully saturated rings. The summed E-state index contributed by atoms with van der Waals surface area (Å²) in [7, 11) is 0. The maximum Gasteiger partial charge on any atom is 0.220 e. The summed E-state index contributed by atoms with van der Waals surface area (Å²) in [6.07, 6.45) is 6.54. The second kappa shape index (κ2) is 10.8. The average molecular weight is 334 g/mol. The van der Waals surface area contributed by atoms with Crippen molar-refractivity contribution in [3.63, 3.8) is 0 Å². The highest BCUT2D eigenvalue weighted by Gasteiger charge is 2.21. The maximum atomic E-state index is 11.9. The monoisotopic (exact) mass is 333 g/mol. The zero-order valence-corrected chi connectivity index (χ0v) is 14.0. The molecule has 0 aromatic carbocycles. The number of nitrogens with zero attached hydrogens (tertiary/aromatic N) is 1. The van der Waals surface area contributed by atoms with E-state index < -0.39 is 0 Å². The van der Waals surface area contributed by atoms with Crippen LogP contribution in [0, 0.1) is 11.8 Å². The van der Waals surface area contributed by atoms with E-state index in [2.05, 4.69) is 22.5 Å². The van der Waals surface area contributed by atoms with E-state index in [9.17, 15) is 4.79 Å². The molecule has 1 aliphatic heterocycles. The first kappa shape index (κ1) is 20.2. The van der Waals surface area contributed by atoms with Crippen molar-refractivity contribution in [1.29, 1.82) is 0 Å². The molecule has 6 heteroatoms. The maximum absolute atomic E-state index is 11.9. The van der Waals surface area contributed by atoms with Gasteiger partial charge in [0.15, 0.2) is 0 Å². The molecular formula is C15H25Cl2N3O. The SMILES string of the molecule is CC(CC(=O)NCc1cccnc1)C1CCNCC1.Cl.Cl. The van der Waals surface area contributed by atoms with Crippen LogP contribution in [0.2, 0.25) is 0 Å². The second-order valence-electron chi connectivity index (χ2n) is 5.41. The number of hydrogen-bond donors (Lipinski definition) is 2. The molecule has 1 amide bonds. The van der Waals surface area contributed by atoms with E-state index in [1.54, 1.807) is 12.4 Å². The molecule has 1 unspecified atom stereocenters. The minimum absolute atomic E-state index is 0. The Labute approximate surface area is 139 Å². The van der Waals surface area contributed by atoms with E-state index in [-0.39, 0.29) is 30.7 Å². The van der Waals surface area contributed by atoms with Crippen LogP contribution in [0.4, 0.5) is 0 Å². The van der Waals surface area contributed by atoms with Crippen LogP contribution < -0.4 is 10.6 Å². The molecule has 120 valence electrons. The Morgan fingerprint density at radius 1 is 1.43 bits per heavy atom. The van der Waals surface area contributed by atoms with Crippen LogP contribution in [-0.2, 0) is 11.3 Å². The normalized spacial score (nSPS) is 16.2. The lowest BCUT2D eigenvalue weighted by molar-refractivity contribution is -0.122. The number of nitrogens with one attached hydrogen (secondary N) is 2. The molecule has 0 radical (unpaired) electrons. The number of carbonyl (C=O) groups is 1. The number of aromatic nitrogens is 1. The molecule has 21 heavy (non-hydrogen) atoms. The Balaban J connectivity index is 0.00000200. The fraction of sp³-hybridized carbons (Fsp3) is 0.600. The molecule has 2 heterocycles. The van der Waals surface area contributed by atoms with Gasteiger partial charge < -0.3 is 10.6 Å². The summed E-state index contributed by atoms with van der Waals surface area (Å²) in [5.74, 6) is 1.30. The van der Waals surface area contributed by atoms with E-state index in [0.29, 0.717) is 24.8 Å². The minimum Gasteiger partial charge on any atom is -0.352 e. The number of pyridine rings is 1. The lowest BCUT2D eigenvalue weighted by atomic mass is 9.84. The van der Waals surface area contributed by atoms with Crippen molar-refractivity contribution in [2.75, 3.05) is 13.1 Å². The first-order valence-corrected chi connectivity index (χ1v) is 7.12. The van der Waals surface area contributed by atoms with Crippen molar-refractivity contribution in [3.8, 4) is 0 Å². The lowest BCUT2D eigenvalue weighted by Crippen LogP contribution is -2.33. The molecule has 2 N–H and O–H groups in total. The zero-order chi connectivity index (χ0) is 13.5. The Morgan fingerprint density at radius 2 is 2.14 bits per heavy atom. The van der Waals surface area contributed by atoms with Crippen molar-refractivity contribution < 1.29 is 4.79 Å². The number of carbonyl (C=O) groups excluding carboxylic acids is 1. The molecule has 4 nitrogen and oxygen atoms in total. The molecule has 1 saturated heterocycles. The predicted molar refractivity (Wildman–Crippen MR) is 90.0 cm³/mol. The fourth-order valence-corrected chi connectivity index (χ4v) is 2.65. The Kier molecular flexibility index (Phi) is 10.4. The number of amides is 1. The predicted octanol–water partition coefficient (Wildman–Crippen LogP) is 2.57. The van der Waals surface area contributed by atoms with Gasteiger partial charge in [-0.25, -0.2) is 0 Å². The van der Waals surface area contributed by atoms with Gasteiger partial charge >= 0.3 is 0 Å². The fourth-order valence-electron chi connectivity index (χ4n) is 2.65. The molecule has 1 aromatic heterocycles. The van der Waals surface area contributed by atoms with Gasteiger partial charge in [-0.15, -0.1) is 24.8 Å². The summed E-state index contributed by atoms with van der Waals surface area (Å²) in [4.78, 5) is 16.0. The van der Waals surface area contributed by atoms with Crippen LogP contribution in [0.5, 0.6) is 0 Å². The summed E-state index contributed by atoms with van der Waals surface area (Å²) in [6.45, 7) is 4.95. The third-order valence-electron chi connectivity index (χ3n) is 3.91. The third-order valence-corrected chi connectivity index (χ3v) is 3.91. The van der Waals surface area contributed by atoms with E-state index in [4.69, 9.17) is 0 Å². The highest BCUT2D eigenvalue weighted by molar-refractivity contribution is 5.85. The number of piperidine rings is 1. The molecule has 0 spiro atoms. The number of rotatable bonds is 5. The van der Waals surface area contributed by atoms with Gasteiger partial charge in [0.25, 0.3) is 0 Å². The van der Waals surface area contributed by atoms with E-state index >= 15 is 0 Å². The Hall–Kier alpha value is -0.840. The van der Waals surface area contributed by atoms with Crippen LogP contribution in [0.1, 0.15) is 31.7 Å². The molecule has 2 rings (SSSR count). The smallest absolute Gasteiger partial charge is 0.220 e. The van der Waals surface area contributed by atoms with Crippen molar-refractivity contribution >= 4 is 30.7 Å². The molecule has 1 aromatic rings. The van der Waals surface area contributed by atoms with E-state index in [1.807, 2.05) is 12.1 Å². The highest BCUT2D eigenvalue weighted by atomic mass is 35.5. The van der Waals surface area contributed by atoms with Crippen molar-refractivity contribution in [2.24, 2.45) is 11.8 Å². The van der Waals surface area contributed by atoms with Gasteiger partial charge in [0, 0.05) is 25.4 Å². The molecule has 0 aliphatic carbocycles. The molecule has 1 aliphatic rings. The molecule has 1 atom stereocenters. The minimum atomic E-state index is 0. The molecule has 0 saturated carbocycles. The summed E-state index contributed by atoms with van der Waals surface area (Å²) in [6, 6.07) is 3.86. The van der Waals surface area contributed by atoms with Crippen molar-refractivity contribution in [2.45, 2.75) is 32.7 Å². The van der Waals surface area contributed by atoms with E-state index in [1.165, 1.54) is 12.8 Å². The topological polar surface area (TPSA) is 54.0 Å². The molecular weight excluding hydrogens is 309 g/mol. The summed E-state index contributed by atoms with van der Waals surface area (Å²) < 4.78 is 0. The summed E-state index contributed by atoms with van der Waals surface area (Å²) in [5, 5.41) is 6.34. The summed E-state index contributed by atoms with van der Waals surface area (Å²) >= 11 is 0. The van der Waals surface area contributed by atoms with Crippen molar-refractivity contribution in [3.05, 3.63) is 30.1 Å². The quantitative estimate of drug-likeness (QED) is 0.870. The van der Waals surface area contributed by atoms with Gasteiger partial charge in [-0.2, -0.15) is 0 Å². The van der Waals surface area contributed by atoms with Gasteiger partial charge in [-0.3, -0.25) is 9.78 Å². The van der Waals surface area contributed by atoms with Gasteiger partial charge in [0.2, 0.25) is 5.91 Å². The van der Waals surface area contributed by atoms with Gasteiger partial charge in [-0.05, 0) is 49.4 Å². The largest absolute Gasteiger partial charge is 0.352 e. The van der Waals surface area contributed by atoms with Crippen LogP contribution >= 0.6 is 24.8 Å². The Bertz CT molecular complexity index is 397. The average Bonchev–Trinajstić information content (AvgIpc) is 2.47. The van der Waals surface area contributed by atoms with Gasteiger partial charge in [0.05, 0.1) is 0 Å². The second-order valence-corrected chi connectivity index (χ2v) is 5.41. The summed E-state index contributed by atoms with van der Waals surface area (Å²) in [5.41, 5.74) is 1.05. The number of halogens is 2. The van der Waals surface area contributed by atoms with Crippen LogP contribution in [-0.4, -0.2) is 24.0 Å². The zero-order valence-electron chi connectivity index (χ0n) is 12.4. The number of hydrogen-bond acceptors (Lipinski definition) is 3. The Morgan fingerprint density at radius 3 is 2.76 bits per heavy atom. The first-order chi connectivity index (χ1) is 9.25. The van der Waals surface area contributed by atoms with E-state index in [0.717, 1.165) is 18.7 Å². The van der Waals surface area contributed by atoms with Gasteiger partial charge in [0.1, 0.15) is 0 Å². The van der Waals surface area contributed by atoms with Gasteiger partial charge in [-0.1, -0.05) is 13.0 Å². The third kappa shape index (κ3) is 7.11. The first-order valence-electron chi connectivity index (χ1n) is 7.12. The van der Waals surface area contributed by atoms with Crippen LogP contribution in [0.15, 0.2) is 24.5 Å². The molecule has 0 bridgehead atoms. The standard InChI is InChI=1S/C15H23N3O.2ClH/c1-12(14-4-7-16-8-5-14)9-15(19)18-11-13-3-2-6-17-10-13;;/h2-3,6,10,12,14,16H,4-5,7-9,11H2,1H3,(H,18,19);2*1H. The van der Waals surface area contributed by atoms with Crippen LogP contribution in [0.3, 0.4) is 0 Å². The van der Waals surface area contributed by atoms with Crippen LogP contribution in [0.25, 0.3) is 0 Å². The highest BCUT2D eigenvalue weighted by Crippen LogP contribution is 2.24. The lowest BCUT2D eigenvalue weighted by Gasteiger charge is -2.27. The van der Waals surface area contributed by atoms with Crippen molar-refractivity contribution in [1.82, 2.24) is 15.6 Å².